The number of hydrogen-bond donors (Lipinski definition) is 2. The van der Waals surface area contributed by atoms with Gasteiger partial charge in [0.25, 0.3) is 0 Å². The van der Waals surface area contributed by atoms with E-state index in [0.29, 0.717) is 21.5 Å². The lowest BCUT2D eigenvalue weighted by atomic mass is 9.78. The molecule has 1 saturated heterocycles. The maximum Gasteiger partial charge on any atom is 0.343 e. The second-order valence-electron chi connectivity index (χ2n) is 8.25. The standard InChI is InChI=1S/C24H24ClN3O5/c1-15-3-5-17(6-4-15)20-19(16-7-9-18(25)10-8-16)26-21(33-20)24(22(29)30)11-13-28(14-12-24)23(31)27(2)32/h3-10,32H,11-14H2,1-2H3,(H,29,30). The van der Waals surface area contributed by atoms with Gasteiger partial charge in [-0.25, -0.2) is 14.8 Å². The normalized spacial score (nSPS) is 15.3. The predicted octanol–water partition coefficient (Wildman–Crippen LogP) is 4.83. The molecule has 2 N–H and O–H groups in total. The van der Waals surface area contributed by atoms with Crippen LogP contribution in [0.4, 0.5) is 4.79 Å². The highest BCUT2D eigenvalue weighted by atomic mass is 35.5. The molecule has 172 valence electrons. The lowest BCUT2D eigenvalue weighted by Gasteiger charge is -2.37. The number of hydrogen-bond acceptors (Lipinski definition) is 5. The fourth-order valence-electron chi connectivity index (χ4n) is 4.03. The monoisotopic (exact) mass is 469 g/mol. The van der Waals surface area contributed by atoms with Crippen LogP contribution in [0.5, 0.6) is 0 Å². The molecular formula is C24H24ClN3O5. The number of carbonyl (C=O) groups excluding carboxylic acids is 1. The number of carbonyl (C=O) groups is 2. The van der Waals surface area contributed by atoms with Gasteiger partial charge in [-0.05, 0) is 31.9 Å². The average Bonchev–Trinajstić information content (AvgIpc) is 3.25. The SMILES string of the molecule is Cc1ccc(-c2oc(C3(C(=O)O)CCN(C(=O)N(C)O)CC3)nc2-c2ccc(Cl)cc2)cc1. The van der Waals surface area contributed by atoms with Crippen molar-refractivity contribution >= 4 is 23.6 Å². The second-order valence-corrected chi connectivity index (χ2v) is 8.69. The Balaban J connectivity index is 1.78. The number of urea groups is 1. The maximum atomic E-state index is 12.5. The van der Waals surface area contributed by atoms with Crippen molar-refractivity contribution in [3.63, 3.8) is 0 Å². The van der Waals surface area contributed by atoms with Gasteiger partial charge in [0.15, 0.2) is 5.76 Å². The molecule has 0 spiro atoms. The van der Waals surface area contributed by atoms with Gasteiger partial charge in [0.1, 0.15) is 11.1 Å². The first-order valence-electron chi connectivity index (χ1n) is 10.5. The molecule has 0 unspecified atom stereocenters. The van der Waals surface area contributed by atoms with E-state index in [9.17, 15) is 19.9 Å². The fourth-order valence-corrected chi connectivity index (χ4v) is 4.16. The smallest absolute Gasteiger partial charge is 0.343 e. The molecule has 0 radical (unpaired) electrons. The van der Waals surface area contributed by atoms with E-state index in [0.717, 1.165) is 16.7 Å². The van der Waals surface area contributed by atoms with Crippen LogP contribution in [0.1, 0.15) is 24.3 Å². The number of nitrogens with zero attached hydrogens (tertiary/aromatic N) is 3. The summed E-state index contributed by atoms with van der Waals surface area (Å²) in [6, 6.07) is 14.2. The summed E-state index contributed by atoms with van der Waals surface area (Å²) in [6.45, 7) is 2.27. The molecule has 0 aliphatic carbocycles. The van der Waals surface area contributed by atoms with Crippen LogP contribution in [0.2, 0.25) is 5.02 Å². The van der Waals surface area contributed by atoms with Crippen molar-refractivity contribution in [1.29, 1.82) is 0 Å². The van der Waals surface area contributed by atoms with Crippen LogP contribution in [0.25, 0.3) is 22.6 Å². The number of amides is 2. The number of hydroxylamine groups is 2. The van der Waals surface area contributed by atoms with Gasteiger partial charge in [0.2, 0.25) is 5.89 Å². The zero-order chi connectivity index (χ0) is 23.8. The Morgan fingerprint density at radius 1 is 1.06 bits per heavy atom. The van der Waals surface area contributed by atoms with E-state index < -0.39 is 17.4 Å². The number of benzene rings is 2. The quantitative estimate of drug-likeness (QED) is 0.418. The van der Waals surface area contributed by atoms with Crippen molar-refractivity contribution in [3.8, 4) is 22.6 Å². The number of piperidine rings is 1. The first-order valence-corrected chi connectivity index (χ1v) is 10.9. The zero-order valence-corrected chi connectivity index (χ0v) is 19.0. The highest BCUT2D eigenvalue weighted by molar-refractivity contribution is 6.30. The van der Waals surface area contributed by atoms with E-state index >= 15 is 0 Å². The van der Waals surface area contributed by atoms with Crippen LogP contribution >= 0.6 is 11.6 Å². The van der Waals surface area contributed by atoms with Crippen molar-refractivity contribution in [1.82, 2.24) is 14.9 Å². The van der Waals surface area contributed by atoms with Crippen LogP contribution in [-0.4, -0.2) is 57.4 Å². The summed E-state index contributed by atoms with van der Waals surface area (Å²) in [7, 11) is 1.24. The summed E-state index contributed by atoms with van der Waals surface area (Å²) in [4.78, 5) is 30.7. The number of aliphatic carboxylic acids is 1. The minimum atomic E-state index is -1.39. The van der Waals surface area contributed by atoms with Gasteiger partial charge in [-0.15, -0.1) is 0 Å². The van der Waals surface area contributed by atoms with E-state index in [1.807, 2.05) is 43.3 Å². The molecule has 3 aromatic rings. The van der Waals surface area contributed by atoms with Crippen molar-refractivity contribution < 1.29 is 24.3 Å². The van der Waals surface area contributed by atoms with Crippen LogP contribution in [0, 0.1) is 6.92 Å². The van der Waals surface area contributed by atoms with Crippen LogP contribution < -0.4 is 0 Å². The molecule has 1 aromatic heterocycles. The highest BCUT2D eigenvalue weighted by Gasteiger charge is 2.49. The highest BCUT2D eigenvalue weighted by Crippen LogP contribution is 2.41. The van der Waals surface area contributed by atoms with Gasteiger partial charge >= 0.3 is 12.0 Å². The molecule has 8 nitrogen and oxygen atoms in total. The summed E-state index contributed by atoms with van der Waals surface area (Å²) in [5.41, 5.74) is 1.74. The van der Waals surface area contributed by atoms with Gasteiger partial charge in [0.05, 0.1) is 0 Å². The largest absolute Gasteiger partial charge is 0.480 e. The van der Waals surface area contributed by atoms with Gasteiger partial charge in [0, 0.05) is 36.3 Å². The maximum absolute atomic E-state index is 12.5. The molecule has 0 saturated carbocycles. The molecular weight excluding hydrogens is 446 g/mol. The Kier molecular flexibility index (Phi) is 6.14. The first kappa shape index (κ1) is 22.8. The molecule has 33 heavy (non-hydrogen) atoms. The number of likely N-dealkylation sites (tertiary alicyclic amines) is 1. The summed E-state index contributed by atoms with van der Waals surface area (Å²) in [6.07, 6.45) is 0.214. The minimum Gasteiger partial charge on any atom is -0.480 e. The van der Waals surface area contributed by atoms with E-state index in [1.165, 1.54) is 11.9 Å². The topological polar surface area (TPSA) is 107 Å². The first-order chi connectivity index (χ1) is 15.7. The molecule has 0 atom stereocenters. The molecule has 1 aliphatic heterocycles. The van der Waals surface area contributed by atoms with E-state index in [4.69, 9.17) is 16.0 Å². The summed E-state index contributed by atoms with van der Waals surface area (Å²) >= 11 is 6.05. The third-order valence-electron chi connectivity index (χ3n) is 6.04. The van der Waals surface area contributed by atoms with Crippen molar-refractivity contribution in [2.45, 2.75) is 25.2 Å². The number of rotatable bonds is 4. The molecule has 1 fully saturated rings. The summed E-state index contributed by atoms with van der Waals surface area (Å²) < 4.78 is 6.18. The Bertz CT molecular complexity index is 1100. The third-order valence-corrected chi connectivity index (χ3v) is 6.29. The lowest BCUT2D eigenvalue weighted by Crippen LogP contribution is -2.51. The number of aromatic nitrogens is 1. The van der Waals surface area contributed by atoms with Crippen molar-refractivity contribution in [2.75, 3.05) is 20.1 Å². The molecule has 0 bridgehead atoms. The van der Waals surface area contributed by atoms with Crippen molar-refractivity contribution in [3.05, 3.63) is 65.0 Å². The number of halogens is 1. The Morgan fingerprint density at radius 3 is 2.18 bits per heavy atom. The van der Waals surface area contributed by atoms with Gasteiger partial charge in [-0.3, -0.25) is 10.0 Å². The van der Waals surface area contributed by atoms with Crippen LogP contribution in [0.15, 0.2) is 52.9 Å². The minimum absolute atomic E-state index is 0.0972. The Labute approximate surface area is 196 Å². The molecule has 2 heterocycles. The average molecular weight is 470 g/mol. The zero-order valence-electron chi connectivity index (χ0n) is 18.3. The third kappa shape index (κ3) is 4.31. The van der Waals surface area contributed by atoms with E-state index in [2.05, 4.69) is 4.98 Å². The lowest BCUT2D eigenvalue weighted by molar-refractivity contribution is -0.147. The van der Waals surface area contributed by atoms with E-state index in [-0.39, 0.29) is 31.8 Å². The molecule has 1 aliphatic rings. The van der Waals surface area contributed by atoms with Gasteiger partial charge in [-0.1, -0.05) is 53.6 Å². The number of carboxylic acid groups (broad SMARTS) is 1. The number of oxazole rings is 1. The summed E-state index contributed by atoms with van der Waals surface area (Å²) in [5, 5.41) is 20.7. The molecule has 4 rings (SSSR count). The van der Waals surface area contributed by atoms with E-state index in [1.54, 1.807) is 12.1 Å². The van der Waals surface area contributed by atoms with Crippen LogP contribution in [-0.2, 0) is 10.2 Å². The second kappa shape index (κ2) is 8.88. The Hall–Kier alpha value is -3.36. The van der Waals surface area contributed by atoms with Gasteiger partial charge in [-0.2, -0.15) is 0 Å². The Morgan fingerprint density at radius 2 is 1.64 bits per heavy atom. The summed E-state index contributed by atoms with van der Waals surface area (Å²) in [5.74, 6) is -0.493. The number of aryl methyl sites for hydroxylation is 1. The molecule has 2 aromatic carbocycles. The predicted molar refractivity (Wildman–Crippen MR) is 122 cm³/mol. The molecule has 9 heteroatoms. The molecule has 2 amide bonds. The van der Waals surface area contributed by atoms with Crippen molar-refractivity contribution in [2.24, 2.45) is 0 Å². The number of carboxylic acids is 1. The van der Waals surface area contributed by atoms with Crippen LogP contribution in [0.3, 0.4) is 0 Å². The van der Waals surface area contributed by atoms with Gasteiger partial charge < -0.3 is 14.4 Å². The fraction of sp³-hybridized carbons (Fsp3) is 0.292.